The molecule has 0 radical (unpaired) electrons. The maximum Gasteiger partial charge on any atom is 0.251 e. The Morgan fingerprint density at radius 1 is 1.17 bits per heavy atom. The van der Waals surface area contributed by atoms with Gasteiger partial charge >= 0.3 is 0 Å². The SMILES string of the molecule is COc1ccc(C(=O)N[C@@H]2COC[C@H]2Cc2ccncc2)cc1N1CCOCC1. The number of pyridine rings is 1. The van der Waals surface area contributed by atoms with Crippen molar-refractivity contribution in [2.24, 2.45) is 5.92 Å². The van der Waals surface area contributed by atoms with Crippen LogP contribution < -0.4 is 15.0 Å². The van der Waals surface area contributed by atoms with Crippen molar-refractivity contribution in [1.29, 1.82) is 0 Å². The van der Waals surface area contributed by atoms with E-state index in [1.165, 1.54) is 5.56 Å². The lowest BCUT2D eigenvalue weighted by molar-refractivity contribution is 0.0925. The number of anilines is 1. The molecule has 7 nitrogen and oxygen atoms in total. The van der Waals surface area contributed by atoms with E-state index in [0.717, 1.165) is 30.9 Å². The molecule has 0 bridgehead atoms. The Morgan fingerprint density at radius 2 is 1.97 bits per heavy atom. The van der Waals surface area contributed by atoms with E-state index in [1.807, 2.05) is 30.3 Å². The third-order valence-electron chi connectivity index (χ3n) is 5.55. The van der Waals surface area contributed by atoms with Gasteiger partial charge in [0.25, 0.3) is 5.91 Å². The number of carbonyl (C=O) groups is 1. The first-order chi connectivity index (χ1) is 14.2. The van der Waals surface area contributed by atoms with Crippen molar-refractivity contribution in [3.8, 4) is 5.75 Å². The molecule has 0 aliphatic carbocycles. The smallest absolute Gasteiger partial charge is 0.251 e. The van der Waals surface area contributed by atoms with Crippen LogP contribution in [0.2, 0.25) is 0 Å². The van der Waals surface area contributed by atoms with Crippen LogP contribution in [0.25, 0.3) is 0 Å². The summed E-state index contributed by atoms with van der Waals surface area (Å²) in [4.78, 5) is 19.2. The summed E-state index contributed by atoms with van der Waals surface area (Å²) in [5.41, 5.74) is 2.76. The van der Waals surface area contributed by atoms with Gasteiger partial charge in [-0.3, -0.25) is 9.78 Å². The molecule has 2 aliphatic heterocycles. The van der Waals surface area contributed by atoms with E-state index >= 15 is 0 Å². The molecule has 0 unspecified atom stereocenters. The minimum absolute atomic E-state index is 0.00963. The predicted molar refractivity (Wildman–Crippen MR) is 110 cm³/mol. The van der Waals surface area contributed by atoms with E-state index < -0.39 is 0 Å². The highest BCUT2D eigenvalue weighted by molar-refractivity contribution is 5.96. The zero-order valence-corrected chi connectivity index (χ0v) is 16.7. The number of hydrogen-bond acceptors (Lipinski definition) is 6. The zero-order chi connectivity index (χ0) is 20.1. The van der Waals surface area contributed by atoms with Crippen molar-refractivity contribution in [1.82, 2.24) is 10.3 Å². The Hall–Kier alpha value is -2.64. The molecular formula is C22H27N3O4. The van der Waals surface area contributed by atoms with E-state index in [-0.39, 0.29) is 17.9 Å². The molecule has 1 N–H and O–H groups in total. The lowest BCUT2D eigenvalue weighted by atomic mass is 9.95. The first-order valence-electron chi connectivity index (χ1n) is 10.0. The number of hydrogen-bond donors (Lipinski definition) is 1. The molecule has 7 heteroatoms. The van der Waals surface area contributed by atoms with Crippen molar-refractivity contribution < 1.29 is 19.0 Å². The van der Waals surface area contributed by atoms with Gasteiger partial charge < -0.3 is 24.4 Å². The molecule has 29 heavy (non-hydrogen) atoms. The second kappa shape index (κ2) is 9.24. The fourth-order valence-electron chi connectivity index (χ4n) is 3.92. The summed E-state index contributed by atoms with van der Waals surface area (Å²) in [6.45, 7) is 4.10. The van der Waals surface area contributed by atoms with E-state index in [0.29, 0.717) is 32.0 Å². The van der Waals surface area contributed by atoms with Crippen LogP contribution in [0.5, 0.6) is 5.75 Å². The van der Waals surface area contributed by atoms with Gasteiger partial charge in [-0.1, -0.05) is 0 Å². The molecule has 2 aromatic rings. The zero-order valence-electron chi connectivity index (χ0n) is 16.7. The highest BCUT2D eigenvalue weighted by atomic mass is 16.5. The fourth-order valence-corrected chi connectivity index (χ4v) is 3.92. The first-order valence-corrected chi connectivity index (χ1v) is 10.0. The van der Waals surface area contributed by atoms with Gasteiger partial charge in [-0.25, -0.2) is 0 Å². The molecule has 2 atom stereocenters. The van der Waals surface area contributed by atoms with Gasteiger partial charge in [-0.05, 0) is 42.3 Å². The van der Waals surface area contributed by atoms with Gasteiger partial charge in [-0.15, -0.1) is 0 Å². The maximum atomic E-state index is 13.0. The molecule has 1 aromatic carbocycles. The second-order valence-corrected chi connectivity index (χ2v) is 7.42. The van der Waals surface area contributed by atoms with E-state index in [4.69, 9.17) is 14.2 Å². The second-order valence-electron chi connectivity index (χ2n) is 7.42. The topological polar surface area (TPSA) is 72.9 Å². The number of nitrogens with one attached hydrogen (secondary N) is 1. The van der Waals surface area contributed by atoms with Crippen LogP contribution in [0.4, 0.5) is 5.69 Å². The van der Waals surface area contributed by atoms with Crippen LogP contribution in [0.15, 0.2) is 42.7 Å². The van der Waals surface area contributed by atoms with Crippen molar-refractivity contribution in [2.75, 3.05) is 51.5 Å². The van der Waals surface area contributed by atoms with Crippen LogP contribution in [0.1, 0.15) is 15.9 Å². The highest BCUT2D eigenvalue weighted by Crippen LogP contribution is 2.30. The number of aromatic nitrogens is 1. The number of benzene rings is 1. The molecule has 0 spiro atoms. The van der Waals surface area contributed by atoms with Crippen LogP contribution in [0.3, 0.4) is 0 Å². The van der Waals surface area contributed by atoms with Crippen molar-refractivity contribution in [2.45, 2.75) is 12.5 Å². The standard InChI is InChI=1S/C22H27N3O4/c1-27-21-3-2-17(13-20(21)25-8-10-28-11-9-25)22(26)24-19-15-29-14-18(19)12-16-4-6-23-7-5-16/h2-7,13,18-19H,8-12,14-15H2,1H3,(H,24,26)/t18-,19-/m1/s1. The largest absolute Gasteiger partial charge is 0.495 e. The number of morpholine rings is 1. The van der Waals surface area contributed by atoms with Gasteiger partial charge in [-0.2, -0.15) is 0 Å². The Morgan fingerprint density at radius 3 is 2.72 bits per heavy atom. The quantitative estimate of drug-likeness (QED) is 0.803. The van der Waals surface area contributed by atoms with Crippen LogP contribution in [-0.4, -0.2) is 63.6 Å². The molecule has 0 saturated carbocycles. The number of amides is 1. The molecule has 1 aromatic heterocycles. The normalized spacial score (nSPS) is 21.8. The van der Waals surface area contributed by atoms with E-state index in [1.54, 1.807) is 19.5 Å². The van der Waals surface area contributed by atoms with Gasteiger partial charge in [0.15, 0.2) is 0 Å². The molecule has 2 aliphatic rings. The molecule has 154 valence electrons. The Bertz CT molecular complexity index is 824. The lowest BCUT2D eigenvalue weighted by Gasteiger charge is -2.30. The third kappa shape index (κ3) is 4.68. The fraction of sp³-hybridized carbons (Fsp3) is 0.455. The Balaban J connectivity index is 1.46. The van der Waals surface area contributed by atoms with Gasteiger partial charge in [0.05, 0.1) is 45.3 Å². The number of nitrogens with zero attached hydrogens (tertiary/aromatic N) is 2. The van der Waals surface area contributed by atoms with Crippen LogP contribution in [0, 0.1) is 5.92 Å². The van der Waals surface area contributed by atoms with Gasteiger partial charge in [0.1, 0.15) is 5.75 Å². The number of rotatable bonds is 6. The average Bonchev–Trinajstić information content (AvgIpc) is 3.21. The summed E-state index contributed by atoms with van der Waals surface area (Å²) in [5.74, 6) is 0.930. The van der Waals surface area contributed by atoms with Crippen LogP contribution in [-0.2, 0) is 15.9 Å². The summed E-state index contributed by atoms with van der Waals surface area (Å²) >= 11 is 0. The minimum Gasteiger partial charge on any atom is -0.495 e. The van der Waals surface area contributed by atoms with E-state index in [2.05, 4.69) is 15.2 Å². The van der Waals surface area contributed by atoms with Crippen molar-refractivity contribution in [3.05, 3.63) is 53.9 Å². The first kappa shape index (κ1) is 19.7. The third-order valence-corrected chi connectivity index (χ3v) is 5.55. The lowest BCUT2D eigenvalue weighted by Crippen LogP contribution is -2.41. The summed E-state index contributed by atoms with van der Waals surface area (Å²) < 4.78 is 16.6. The number of methoxy groups -OCH3 is 1. The van der Waals surface area contributed by atoms with Gasteiger partial charge in [0.2, 0.25) is 0 Å². The summed E-state index contributed by atoms with van der Waals surface area (Å²) in [6.07, 6.45) is 4.45. The van der Waals surface area contributed by atoms with E-state index in [9.17, 15) is 4.79 Å². The molecule has 4 rings (SSSR count). The monoisotopic (exact) mass is 397 g/mol. The van der Waals surface area contributed by atoms with Crippen molar-refractivity contribution >= 4 is 11.6 Å². The average molecular weight is 397 g/mol. The molecule has 2 fully saturated rings. The highest BCUT2D eigenvalue weighted by Gasteiger charge is 2.30. The summed E-state index contributed by atoms with van der Waals surface area (Å²) in [7, 11) is 1.65. The predicted octanol–water partition coefficient (Wildman–Crippen LogP) is 1.91. The maximum absolute atomic E-state index is 13.0. The Labute approximate surface area is 171 Å². The molecule has 3 heterocycles. The molecule has 1 amide bonds. The summed E-state index contributed by atoms with van der Waals surface area (Å²) in [5, 5.41) is 3.17. The van der Waals surface area contributed by atoms with Crippen LogP contribution >= 0.6 is 0 Å². The molecular weight excluding hydrogens is 370 g/mol. The summed E-state index contributed by atoms with van der Waals surface area (Å²) in [6, 6.07) is 9.59. The molecule has 2 saturated heterocycles. The van der Waals surface area contributed by atoms with Gasteiger partial charge in [0, 0.05) is 37.0 Å². The number of carbonyl (C=O) groups excluding carboxylic acids is 1. The van der Waals surface area contributed by atoms with Crippen molar-refractivity contribution in [3.63, 3.8) is 0 Å². The minimum atomic E-state index is -0.0857. The number of ether oxygens (including phenoxy) is 3. The Kier molecular flexibility index (Phi) is 6.27.